The van der Waals surface area contributed by atoms with Crippen LogP contribution in [-0.4, -0.2) is 29.3 Å². The predicted molar refractivity (Wildman–Crippen MR) is 56.7 cm³/mol. The van der Waals surface area contributed by atoms with Crippen LogP contribution in [0, 0.1) is 0 Å². The van der Waals surface area contributed by atoms with E-state index < -0.39 is 5.97 Å². The zero-order chi connectivity index (χ0) is 12.4. The molecule has 0 radical (unpaired) electrons. The first-order chi connectivity index (χ1) is 8.11. The van der Waals surface area contributed by atoms with Gasteiger partial charge in [-0.2, -0.15) is 0 Å². The third-order valence-electron chi connectivity index (χ3n) is 2.70. The van der Waals surface area contributed by atoms with Crippen molar-refractivity contribution < 1.29 is 23.8 Å². The summed E-state index contributed by atoms with van der Waals surface area (Å²) in [4.78, 5) is 15.1. The standard InChI is InChI=1S/C11H15NO5/c1-6-3-4-8(16-6)10-12-7(5-15-2)9(17-10)11(13)14/h6,8H,3-5H2,1-2H3,(H,13,14). The Kier molecular flexibility index (Phi) is 3.44. The molecule has 2 unspecified atom stereocenters. The second-order valence-electron chi connectivity index (χ2n) is 4.08. The number of carboxylic acids is 1. The summed E-state index contributed by atoms with van der Waals surface area (Å²) >= 11 is 0. The largest absolute Gasteiger partial charge is 0.475 e. The third kappa shape index (κ3) is 2.48. The van der Waals surface area contributed by atoms with E-state index in [1.807, 2.05) is 6.92 Å². The van der Waals surface area contributed by atoms with Gasteiger partial charge in [-0.15, -0.1) is 0 Å². The molecule has 1 aromatic heterocycles. The molecule has 0 spiro atoms. The lowest BCUT2D eigenvalue weighted by molar-refractivity contribution is 0.0372. The third-order valence-corrected chi connectivity index (χ3v) is 2.70. The van der Waals surface area contributed by atoms with Gasteiger partial charge in [-0.05, 0) is 19.8 Å². The molecule has 0 aliphatic carbocycles. The highest BCUT2D eigenvalue weighted by atomic mass is 16.5. The van der Waals surface area contributed by atoms with Crippen LogP contribution < -0.4 is 0 Å². The highest BCUT2D eigenvalue weighted by Crippen LogP contribution is 2.32. The summed E-state index contributed by atoms with van der Waals surface area (Å²) in [6, 6.07) is 0. The molecule has 1 aliphatic rings. The summed E-state index contributed by atoms with van der Waals surface area (Å²) in [6.45, 7) is 2.09. The zero-order valence-electron chi connectivity index (χ0n) is 9.80. The first-order valence-corrected chi connectivity index (χ1v) is 5.49. The Morgan fingerprint density at radius 3 is 2.88 bits per heavy atom. The van der Waals surface area contributed by atoms with Gasteiger partial charge in [0.25, 0.3) is 0 Å². The summed E-state index contributed by atoms with van der Waals surface area (Å²) in [5, 5.41) is 8.97. The van der Waals surface area contributed by atoms with Crippen LogP contribution in [-0.2, 0) is 16.1 Å². The molecule has 1 fully saturated rings. The number of nitrogens with zero attached hydrogens (tertiary/aromatic N) is 1. The molecule has 6 heteroatoms. The molecule has 0 amide bonds. The molecule has 2 rings (SSSR count). The van der Waals surface area contributed by atoms with Gasteiger partial charge >= 0.3 is 5.97 Å². The molecule has 17 heavy (non-hydrogen) atoms. The molecule has 1 aliphatic heterocycles. The van der Waals surface area contributed by atoms with E-state index in [0.717, 1.165) is 12.8 Å². The van der Waals surface area contributed by atoms with Gasteiger partial charge in [0, 0.05) is 7.11 Å². The van der Waals surface area contributed by atoms with Crippen molar-refractivity contribution >= 4 is 5.97 Å². The predicted octanol–water partition coefficient (Wildman–Crippen LogP) is 1.76. The Morgan fingerprint density at radius 1 is 1.59 bits per heavy atom. The number of hydrogen-bond acceptors (Lipinski definition) is 5. The van der Waals surface area contributed by atoms with E-state index in [1.54, 1.807) is 0 Å². The maximum absolute atomic E-state index is 11.0. The minimum atomic E-state index is -1.14. The number of carbonyl (C=O) groups is 1. The molecule has 2 heterocycles. The Hall–Kier alpha value is -1.40. The molecule has 1 N–H and O–H groups in total. The number of hydrogen-bond donors (Lipinski definition) is 1. The van der Waals surface area contributed by atoms with Crippen LogP contribution in [0.1, 0.15) is 48.0 Å². The maximum Gasteiger partial charge on any atom is 0.373 e. The van der Waals surface area contributed by atoms with Crippen molar-refractivity contribution in [2.45, 2.75) is 38.6 Å². The van der Waals surface area contributed by atoms with Gasteiger partial charge in [0.05, 0.1) is 12.7 Å². The van der Waals surface area contributed by atoms with Crippen LogP contribution in [0.15, 0.2) is 4.42 Å². The van der Waals surface area contributed by atoms with E-state index >= 15 is 0 Å². The van der Waals surface area contributed by atoms with E-state index in [1.165, 1.54) is 7.11 Å². The van der Waals surface area contributed by atoms with E-state index in [-0.39, 0.29) is 24.6 Å². The Bertz CT molecular complexity index is 414. The Labute approximate surface area is 98.5 Å². The van der Waals surface area contributed by atoms with Gasteiger partial charge in [-0.3, -0.25) is 0 Å². The average molecular weight is 241 g/mol. The van der Waals surface area contributed by atoms with Crippen LogP contribution in [0.25, 0.3) is 0 Å². The average Bonchev–Trinajstić information content (AvgIpc) is 2.85. The first-order valence-electron chi connectivity index (χ1n) is 5.49. The molecule has 0 saturated carbocycles. The smallest absolute Gasteiger partial charge is 0.373 e. The molecular weight excluding hydrogens is 226 g/mol. The SMILES string of the molecule is COCc1nc(C2CCC(C)O2)oc1C(=O)O. The fourth-order valence-corrected chi connectivity index (χ4v) is 1.89. The highest BCUT2D eigenvalue weighted by molar-refractivity contribution is 5.85. The summed E-state index contributed by atoms with van der Waals surface area (Å²) < 4.78 is 15.7. The summed E-state index contributed by atoms with van der Waals surface area (Å²) in [7, 11) is 1.48. The van der Waals surface area contributed by atoms with E-state index in [4.69, 9.17) is 19.0 Å². The number of ether oxygens (including phenoxy) is 2. The lowest BCUT2D eigenvalue weighted by atomic mass is 10.2. The van der Waals surface area contributed by atoms with Crippen molar-refractivity contribution in [1.29, 1.82) is 0 Å². The quantitative estimate of drug-likeness (QED) is 0.864. The number of rotatable bonds is 4. The van der Waals surface area contributed by atoms with Crippen molar-refractivity contribution in [2.75, 3.05) is 7.11 Å². The lowest BCUT2D eigenvalue weighted by Crippen LogP contribution is -2.01. The Morgan fingerprint density at radius 2 is 2.35 bits per heavy atom. The van der Waals surface area contributed by atoms with Crippen molar-refractivity contribution in [2.24, 2.45) is 0 Å². The van der Waals surface area contributed by atoms with Crippen LogP contribution >= 0.6 is 0 Å². The van der Waals surface area contributed by atoms with E-state index in [2.05, 4.69) is 4.98 Å². The fraction of sp³-hybridized carbons (Fsp3) is 0.636. The maximum atomic E-state index is 11.0. The molecule has 0 bridgehead atoms. The minimum Gasteiger partial charge on any atom is -0.475 e. The second kappa shape index (κ2) is 4.85. The second-order valence-corrected chi connectivity index (χ2v) is 4.08. The monoisotopic (exact) mass is 241 g/mol. The topological polar surface area (TPSA) is 81.8 Å². The minimum absolute atomic E-state index is 0.118. The van der Waals surface area contributed by atoms with Crippen LogP contribution in [0.5, 0.6) is 0 Å². The number of carboxylic acid groups (broad SMARTS) is 1. The number of methoxy groups -OCH3 is 1. The van der Waals surface area contributed by atoms with Gasteiger partial charge in [0.15, 0.2) is 0 Å². The first kappa shape index (κ1) is 12.1. The number of aromatic carboxylic acids is 1. The van der Waals surface area contributed by atoms with Gasteiger partial charge in [-0.1, -0.05) is 0 Å². The molecule has 2 atom stereocenters. The molecule has 94 valence electrons. The van der Waals surface area contributed by atoms with Crippen molar-refractivity contribution in [1.82, 2.24) is 4.98 Å². The van der Waals surface area contributed by atoms with E-state index in [9.17, 15) is 4.79 Å². The van der Waals surface area contributed by atoms with E-state index in [0.29, 0.717) is 11.6 Å². The highest BCUT2D eigenvalue weighted by Gasteiger charge is 2.30. The normalized spacial score (nSPS) is 24.1. The molecule has 1 aromatic rings. The number of oxazole rings is 1. The van der Waals surface area contributed by atoms with Crippen molar-refractivity contribution in [3.8, 4) is 0 Å². The molecular formula is C11H15NO5. The molecule has 1 saturated heterocycles. The molecule has 0 aromatic carbocycles. The lowest BCUT2D eigenvalue weighted by Gasteiger charge is -2.05. The molecule has 6 nitrogen and oxygen atoms in total. The Balaban J connectivity index is 2.23. The van der Waals surface area contributed by atoms with Crippen LogP contribution in [0.4, 0.5) is 0 Å². The van der Waals surface area contributed by atoms with Gasteiger partial charge in [-0.25, -0.2) is 9.78 Å². The van der Waals surface area contributed by atoms with Gasteiger partial charge < -0.3 is 19.0 Å². The van der Waals surface area contributed by atoms with Crippen molar-refractivity contribution in [3.05, 3.63) is 17.3 Å². The summed E-state index contributed by atoms with van der Waals surface area (Å²) in [5.74, 6) is -0.967. The van der Waals surface area contributed by atoms with Gasteiger partial charge in [0.1, 0.15) is 11.8 Å². The van der Waals surface area contributed by atoms with Gasteiger partial charge in [0.2, 0.25) is 11.7 Å². The summed E-state index contributed by atoms with van der Waals surface area (Å²) in [5.41, 5.74) is 0.304. The fourth-order valence-electron chi connectivity index (χ4n) is 1.89. The number of aromatic nitrogens is 1. The van der Waals surface area contributed by atoms with Crippen molar-refractivity contribution in [3.63, 3.8) is 0 Å². The van der Waals surface area contributed by atoms with Crippen LogP contribution in [0.2, 0.25) is 0 Å². The van der Waals surface area contributed by atoms with Crippen LogP contribution in [0.3, 0.4) is 0 Å². The summed E-state index contributed by atoms with van der Waals surface area (Å²) in [6.07, 6.45) is 1.64. The zero-order valence-corrected chi connectivity index (χ0v) is 9.80.